The summed E-state index contributed by atoms with van der Waals surface area (Å²) >= 11 is 0. The lowest BCUT2D eigenvalue weighted by atomic mass is 10.1. The number of carbonyl (C=O) groups is 2. The third-order valence-electron chi connectivity index (χ3n) is 3.27. The van der Waals surface area contributed by atoms with Crippen molar-refractivity contribution in [2.45, 2.75) is 20.1 Å². The molecule has 0 saturated heterocycles. The predicted molar refractivity (Wildman–Crippen MR) is 85.8 cm³/mol. The number of anilines is 1. The van der Waals surface area contributed by atoms with E-state index in [-0.39, 0.29) is 18.3 Å². The highest BCUT2D eigenvalue weighted by Gasteiger charge is 2.20. The van der Waals surface area contributed by atoms with Crippen molar-refractivity contribution in [3.05, 3.63) is 66.2 Å². The zero-order valence-electron chi connectivity index (χ0n) is 12.7. The van der Waals surface area contributed by atoms with Crippen LogP contribution in [0, 0.1) is 0 Å². The van der Waals surface area contributed by atoms with Crippen LogP contribution in [-0.2, 0) is 9.53 Å². The number of Topliss-reactive ketones (excluding diaryl/α,β-unsaturated/α-hetero) is 1. The van der Waals surface area contributed by atoms with Gasteiger partial charge in [0, 0.05) is 18.2 Å². The Morgan fingerprint density at radius 3 is 2.09 bits per heavy atom. The number of ether oxygens (including phenoxy) is 1. The number of esters is 1. The van der Waals surface area contributed by atoms with Crippen LogP contribution in [0.15, 0.2) is 60.7 Å². The highest BCUT2D eigenvalue weighted by molar-refractivity contribution is 5.99. The molecular formula is C18H19NO3. The van der Waals surface area contributed by atoms with E-state index in [1.54, 1.807) is 24.0 Å². The van der Waals surface area contributed by atoms with Gasteiger partial charge in [-0.3, -0.25) is 9.59 Å². The van der Waals surface area contributed by atoms with Gasteiger partial charge in [-0.2, -0.15) is 0 Å². The van der Waals surface area contributed by atoms with Crippen LogP contribution in [0.4, 0.5) is 5.69 Å². The van der Waals surface area contributed by atoms with Crippen LogP contribution in [0.1, 0.15) is 24.2 Å². The first-order valence-corrected chi connectivity index (χ1v) is 7.15. The summed E-state index contributed by atoms with van der Waals surface area (Å²) in [6.45, 7) is 3.26. The second kappa shape index (κ2) is 7.41. The molecule has 4 nitrogen and oxygen atoms in total. The maximum Gasteiger partial charge on any atom is 0.304 e. The molecule has 0 saturated carbocycles. The van der Waals surface area contributed by atoms with E-state index in [1.807, 2.05) is 48.5 Å². The van der Waals surface area contributed by atoms with Gasteiger partial charge < -0.3 is 9.64 Å². The molecule has 0 aliphatic carbocycles. The minimum atomic E-state index is -0.521. The number of para-hydroxylation sites is 1. The van der Waals surface area contributed by atoms with Gasteiger partial charge in [0.25, 0.3) is 0 Å². The summed E-state index contributed by atoms with van der Waals surface area (Å²) in [7, 11) is 0. The van der Waals surface area contributed by atoms with Crippen molar-refractivity contribution in [3.8, 4) is 0 Å². The van der Waals surface area contributed by atoms with E-state index in [1.165, 1.54) is 6.92 Å². The molecule has 0 aromatic heterocycles. The van der Waals surface area contributed by atoms with Crippen molar-refractivity contribution < 1.29 is 14.3 Å². The zero-order chi connectivity index (χ0) is 15.9. The molecule has 0 amide bonds. The molecule has 2 aromatic rings. The summed E-state index contributed by atoms with van der Waals surface area (Å²) in [5.74, 6) is -0.399. The molecule has 2 aromatic carbocycles. The highest BCUT2D eigenvalue weighted by atomic mass is 16.6. The van der Waals surface area contributed by atoms with E-state index in [0.29, 0.717) is 5.56 Å². The van der Waals surface area contributed by atoms with Crippen LogP contribution in [0.2, 0.25) is 0 Å². The largest absolute Gasteiger partial charge is 0.442 e. The molecular weight excluding hydrogens is 278 g/mol. The van der Waals surface area contributed by atoms with Crippen molar-refractivity contribution in [1.82, 2.24) is 0 Å². The summed E-state index contributed by atoms with van der Waals surface area (Å²) in [5, 5.41) is 0. The Balaban J connectivity index is 2.21. The maximum absolute atomic E-state index is 12.4. The van der Waals surface area contributed by atoms with Gasteiger partial charge in [0.15, 0.2) is 12.0 Å². The first-order valence-electron chi connectivity index (χ1n) is 7.15. The summed E-state index contributed by atoms with van der Waals surface area (Å²) < 4.78 is 5.24. The normalized spacial score (nSPS) is 11.5. The lowest BCUT2D eigenvalue weighted by molar-refractivity contribution is -0.145. The fourth-order valence-corrected chi connectivity index (χ4v) is 2.22. The first kappa shape index (κ1) is 15.8. The number of nitrogens with zero attached hydrogens (tertiary/aromatic N) is 1. The highest BCUT2D eigenvalue weighted by Crippen LogP contribution is 2.18. The Kier molecular flexibility index (Phi) is 5.31. The molecule has 2 rings (SSSR count). The smallest absolute Gasteiger partial charge is 0.304 e. The van der Waals surface area contributed by atoms with E-state index in [9.17, 15) is 9.59 Å². The van der Waals surface area contributed by atoms with E-state index in [2.05, 4.69) is 0 Å². The number of hydrogen-bond donors (Lipinski definition) is 0. The molecule has 0 heterocycles. The second-order valence-corrected chi connectivity index (χ2v) is 4.96. The quantitative estimate of drug-likeness (QED) is 0.466. The van der Waals surface area contributed by atoms with Gasteiger partial charge in [0.05, 0.1) is 6.54 Å². The molecule has 0 spiro atoms. The third-order valence-corrected chi connectivity index (χ3v) is 3.27. The van der Waals surface area contributed by atoms with Gasteiger partial charge in [-0.1, -0.05) is 48.5 Å². The molecule has 1 unspecified atom stereocenters. The minimum Gasteiger partial charge on any atom is -0.442 e. The number of rotatable bonds is 6. The lowest BCUT2D eigenvalue weighted by Crippen LogP contribution is -2.40. The number of ketones is 1. The van der Waals surface area contributed by atoms with Crippen molar-refractivity contribution in [1.29, 1.82) is 0 Å². The van der Waals surface area contributed by atoms with Crippen LogP contribution >= 0.6 is 0 Å². The topological polar surface area (TPSA) is 46.6 Å². The summed E-state index contributed by atoms with van der Waals surface area (Å²) in [6, 6.07) is 18.5. The van der Waals surface area contributed by atoms with Crippen LogP contribution in [0.3, 0.4) is 0 Å². The molecule has 0 N–H and O–H groups in total. The third kappa shape index (κ3) is 4.19. The van der Waals surface area contributed by atoms with Gasteiger partial charge in [-0.25, -0.2) is 0 Å². The molecule has 114 valence electrons. The van der Waals surface area contributed by atoms with Crippen LogP contribution in [0.5, 0.6) is 0 Å². The first-order chi connectivity index (χ1) is 10.6. The summed E-state index contributed by atoms with van der Waals surface area (Å²) in [5.41, 5.74) is 1.47. The van der Waals surface area contributed by atoms with Crippen LogP contribution < -0.4 is 4.90 Å². The Labute approximate surface area is 130 Å². The predicted octanol–water partition coefficient (Wildman–Crippen LogP) is 3.29. The van der Waals surface area contributed by atoms with Crippen molar-refractivity contribution in [2.24, 2.45) is 0 Å². The lowest BCUT2D eigenvalue weighted by Gasteiger charge is -2.30. The second-order valence-electron chi connectivity index (χ2n) is 4.96. The average Bonchev–Trinajstić information content (AvgIpc) is 2.53. The van der Waals surface area contributed by atoms with Gasteiger partial charge in [-0.15, -0.1) is 0 Å². The van der Waals surface area contributed by atoms with Crippen LogP contribution in [-0.4, -0.2) is 24.5 Å². The fourth-order valence-electron chi connectivity index (χ4n) is 2.22. The summed E-state index contributed by atoms with van der Waals surface area (Å²) in [6.07, 6.45) is -0.521. The van der Waals surface area contributed by atoms with Crippen LogP contribution in [0.25, 0.3) is 0 Å². The molecule has 0 bridgehead atoms. The molecule has 0 radical (unpaired) electrons. The van der Waals surface area contributed by atoms with Gasteiger partial charge >= 0.3 is 5.97 Å². The molecule has 0 aliphatic heterocycles. The Bertz CT molecular complexity index is 625. The molecule has 0 fully saturated rings. The molecule has 1 atom stereocenters. The van der Waals surface area contributed by atoms with Gasteiger partial charge in [0.1, 0.15) is 0 Å². The number of hydrogen-bond acceptors (Lipinski definition) is 4. The van der Waals surface area contributed by atoms with E-state index in [4.69, 9.17) is 4.74 Å². The standard InChI is InChI=1S/C18H19NO3/c1-14(22-15(2)20)19(17-11-7-4-8-12-17)13-18(21)16-9-5-3-6-10-16/h3-12,14H,13H2,1-2H3. The zero-order valence-corrected chi connectivity index (χ0v) is 12.7. The molecule has 22 heavy (non-hydrogen) atoms. The van der Waals surface area contributed by atoms with Gasteiger partial charge in [0.2, 0.25) is 0 Å². The van der Waals surface area contributed by atoms with E-state index < -0.39 is 6.23 Å². The SMILES string of the molecule is CC(=O)OC(C)N(CC(=O)c1ccccc1)c1ccccc1. The molecule has 0 aliphatic rings. The van der Waals surface area contributed by atoms with Crippen molar-refractivity contribution >= 4 is 17.4 Å². The van der Waals surface area contributed by atoms with Crippen molar-refractivity contribution in [3.63, 3.8) is 0 Å². The Hall–Kier alpha value is -2.62. The Morgan fingerprint density at radius 1 is 1.00 bits per heavy atom. The number of benzene rings is 2. The molecule has 4 heteroatoms. The minimum absolute atomic E-state index is 0.0246. The van der Waals surface area contributed by atoms with Gasteiger partial charge in [-0.05, 0) is 19.1 Å². The number of carbonyl (C=O) groups excluding carboxylic acids is 2. The Morgan fingerprint density at radius 2 is 1.55 bits per heavy atom. The van der Waals surface area contributed by atoms with E-state index in [0.717, 1.165) is 5.69 Å². The summed E-state index contributed by atoms with van der Waals surface area (Å²) in [4.78, 5) is 25.4. The fraction of sp³-hybridized carbons (Fsp3) is 0.222. The maximum atomic E-state index is 12.4. The average molecular weight is 297 g/mol. The van der Waals surface area contributed by atoms with Crippen molar-refractivity contribution in [2.75, 3.05) is 11.4 Å². The monoisotopic (exact) mass is 297 g/mol. The van der Waals surface area contributed by atoms with E-state index >= 15 is 0 Å².